The monoisotopic (exact) mass is 256 g/mol. The van der Waals surface area contributed by atoms with Crippen molar-refractivity contribution in [3.05, 3.63) is 41.0 Å². The van der Waals surface area contributed by atoms with Crippen molar-refractivity contribution in [1.82, 2.24) is 4.90 Å². The van der Waals surface area contributed by atoms with E-state index < -0.39 is 0 Å². The minimum absolute atomic E-state index is 0.00358. The number of nitrogens with zero attached hydrogens (tertiary/aromatic N) is 1. The predicted molar refractivity (Wildman–Crippen MR) is 73.1 cm³/mol. The van der Waals surface area contributed by atoms with Crippen LogP contribution in [0.25, 0.3) is 0 Å². The lowest BCUT2D eigenvalue weighted by Gasteiger charge is -2.25. The fourth-order valence-electron chi connectivity index (χ4n) is 2.49. The summed E-state index contributed by atoms with van der Waals surface area (Å²) in [6.45, 7) is 3.53. The van der Waals surface area contributed by atoms with Crippen LogP contribution >= 0.6 is 0 Å². The molecule has 0 aromatic heterocycles. The van der Waals surface area contributed by atoms with Crippen molar-refractivity contribution >= 4 is 17.5 Å². The Kier molecular flexibility index (Phi) is 2.85. The zero-order chi connectivity index (χ0) is 13.4. The molecule has 4 nitrogen and oxygen atoms in total. The van der Waals surface area contributed by atoms with Crippen LogP contribution in [0.4, 0.5) is 5.69 Å². The highest BCUT2D eigenvalue weighted by molar-refractivity contribution is 6.02. The summed E-state index contributed by atoms with van der Waals surface area (Å²) >= 11 is 0. The van der Waals surface area contributed by atoms with Gasteiger partial charge in [0.25, 0.3) is 5.91 Å². The molecule has 1 aromatic carbocycles. The van der Waals surface area contributed by atoms with Crippen LogP contribution in [0.1, 0.15) is 29.3 Å². The molecule has 0 radical (unpaired) electrons. The summed E-state index contributed by atoms with van der Waals surface area (Å²) < 4.78 is 0. The number of fused-ring (bicyclic) bond motifs is 1. The molecule has 4 heteroatoms. The van der Waals surface area contributed by atoms with Gasteiger partial charge in [0.15, 0.2) is 0 Å². The summed E-state index contributed by atoms with van der Waals surface area (Å²) in [6.07, 6.45) is 3.44. The van der Waals surface area contributed by atoms with Gasteiger partial charge in [-0.1, -0.05) is 17.7 Å². The summed E-state index contributed by atoms with van der Waals surface area (Å²) in [5.74, 6) is 0.0313. The number of carbonyl (C=O) groups is 2. The molecule has 2 aliphatic rings. The number of carbonyl (C=O) groups excluding carboxylic acids is 2. The van der Waals surface area contributed by atoms with E-state index in [0.29, 0.717) is 18.5 Å². The van der Waals surface area contributed by atoms with Gasteiger partial charge in [0.2, 0.25) is 5.91 Å². The quantitative estimate of drug-likeness (QED) is 0.781. The van der Waals surface area contributed by atoms with E-state index in [1.807, 2.05) is 17.0 Å². The zero-order valence-corrected chi connectivity index (χ0v) is 10.9. The Morgan fingerprint density at radius 3 is 2.95 bits per heavy atom. The van der Waals surface area contributed by atoms with Gasteiger partial charge in [0.1, 0.15) is 0 Å². The number of hydrogen-bond donors (Lipinski definition) is 1. The van der Waals surface area contributed by atoms with Gasteiger partial charge in [-0.3, -0.25) is 9.59 Å². The molecule has 0 fully saturated rings. The van der Waals surface area contributed by atoms with Gasteiger partial charge in [0, 0.05) is 24.3 Å². The van der Waals surface area contributed by atoms with E-state index in [4.69, 9.17) is 0 Å². The molecular weight excluding hydrogens is 240 g/mol. The first-order valence-electron chi connectivity index (χ1n) is 6.51. The predicted octanol–water partition coefficient (Wildman–Crippen LogP) is 1.97. The van der Waals surface area contributed by atoms with E-state index in [1.54, 1.807) is 6.07 Å². The second-order valence-electron chi connectivity index (χ2n) is 5.15. The smallest absolute Gasteiger partial charge is 0.254 e. The van der Waals surface area contributed by atoms with E-state index in [-0.39, 0.29) is 11.8 Å². The van der Waals surface area contributed by atoms with Crippen LogP contribution in [-0.2, 0) is 11.2 Å². The van der Waals surface area contributed by atoms with E-state index in [0.717, 1.165) is 24.2 Å². The molecule has 2 amide bonds. The Balaban J connectivity index is 1.81. The number of nitrogens with one attached hydrogen (secondary N) is 1. The van der Waals surface area contributed by atoms with Crippen LogP contribution in [0.5, 0.6) is 0 Å². The van der Waals surface area contributed by atoms with Crippen LogP contribution < -0.4 is 5.32 Å². The van der Waals surface area contributed by atoms with E-state index in [1.165, 1.54) is 5.57 Å². The maximum absolute atomic E-state index is 12.4. The average molecular weight is 256 g/mol. The fourth-order valence-corrected chi connectivity index (χ4v) is 2.49. The number of rotatable bonds is 1. The molecule has 1 aromatic rings. The molecule has 2 heterocycles. The molecule has 19 heavy (non-hydrogen) atoms. The van der Waals surface area contributed by atoms with Crippen molar-refractivity contribution < 1.29 is 9.59 Å². The van der Waals surface area contributed by atoms with Crippen LogP contribution in [-0.4, -0.2) is 29.8 Å². The summed E-state index contributed by atoms with van der Waals surface area (Å²) in [4.78, 5) is 25.5. The molecule has 0 saturated heterocycles. The Morgan fingerprint density at radius 2 is 2.21 bits per heavy atom. The minimum atomic E-state index is -0.00358. The van der Waals surface area contributed by atoms with Gasteiger partial charge in [0.05, 0.1) is 6.42 Å². The van der Waals surface area contributed by atoms with Crippen LogP contribution in [0.3, 0.4) is 0 Å². The highest BCUT2D eigenvalue weighted by atomic mass is 16.2. The molecule has 0 spiro atoms. The first kappa shape index (κ1) is 12.0. The van der Waals surface area contributed by atoms with Crippen molar-refractivity contribution in [2.45, 2.75) is 19.8 Å². The molecule has 0 saturated carbocycles. The van der Waals surface area contributed by atoms with Crippen molar-refractivity contribution in [2.75, 3.05) is 18.4 Å². The molecule has 0 aliphatic carbocycles. The number of anilines is 1. The van der Waals surface area contributed by atoms with E-state index in [2.05, 4.69) is 18.3 Å². The molecule has 3 rings (SSSR count). The molecule has 1 N–H and O–H groups in total. The Bertz CT molecular complexity index is 590. The third kappa shape index (κ3) is 2.26. The van der Waals surface area contributed by atoms with Crippen molar-refractivity contribution in [3.8, 4) is 0 Å². The van der Waals surface area contributed by atoms with Gasteiger partial charge in [-0.25, -0.2) is 0 Å². The maximum Gasteiger partial charge on any atom is 0.254 e. The van der Waals surface area contributed by atoms with Crippen molar-refractivity contribution in [2.24, 2.45) is 0 Å². The summed E-state index contributed by atoms with van der Waals surface area (Å²) in [5, 5.41) is 2.78. The summed E-state index contributed by atoms with van der Waals surface area (Å²) in [7, 11) is 0. The van der Waals surface area contributed by atoms with Crippen LogP contribution in [0, 0.1) is 0 Å². The normalized spacial score (nSPS) is 17.8. The van der Waals surface area contributed by atoms with Gasteiger partial charge in [-0.05, 0) is 31.0 Å². The summed E-state index contributed by atoms with van der Waals surface area (Å²) in [6, 6.07) is 5.46. The second-order valence-corrected chi connectivity index (χ2v) is 5.15. The van der Waals surface area contributed by atoms with Gasteiger partial charge < -0.3 is 10.2 Å². The third-order valence-electron chi connectivity index (χ3n) is 3.71. The highest BCUT2D eigenvalue weighted by Crippen LogP contribution is 2.25. The Labute approximate surface area is 112 Å². The van der Waals surface area contributed by atoms with E-state index in [9.17, 15) is 9.59 Å². The Morgan fingerprint density at radius 1 is 1.37 bits per heavy atom. The number of amides is 2. The van der Waals surface area contributed by atoms with Crippen molar-refractivity contribution in [3.63, 3.8) is 0 Å². The van der Waals surface area contributed by atoms with Crippen molar-refractivity contribution in [1.29, 1.82) is 0 Å². The lowest BCUT2D eigenvalue weighted by atomic mass is 10.1. The lowest BCUT2D eigenvalue weighted by molar-refractivity contribution is -0.115. The van der Waals surface area contributed by atoms with E-state index >= 15 is 0 Å². The zero-order valence-electron chi connectivity index (χ0n) is 10.9. The fraction of sp³-hybridized carbons (Fsp3) is 0.333. The molecule has 2 aliphatic heterocycles. The SMILES string of the molecule is CC1=CCN(C(=O)c2ccc3c(c2)NC(=O)C3)CC1. The number of hydrogen-bond acceptors (Lipinski definition) is 2. The molecular formula is C15H16N2O2. The standard InChI is InChI=1S/C15H16N2O2/c1-10-4-6-17(7-5-10)15(19)12-3-2-11-9-14(18)16-13(11)8-12/h2-4,8H,5-7,9H2,1H3,(H,16,18). The molecule has 0 bridgehead atoms. The molecule has 98 valence electrons. The first-order valence-corrected chi connectivity index (χ1v) is 6.51. The largest absolute Gasteiger partial charge is 0.335 e. The molecule has 0 unspecified atom stereocenters. The average Bonchev–Trinajstić information content (AvgIpc) is 2.77. The summed E-state index contributed by atoms with van der Waals surface area (Å²) in [5.41, 5.74) is 3.73. The van der Waals surface area contributed by atoms with Gasteiger partial charge in [-0.2, -0.15) is 0 Å². The third-order valence-corrected chi connectivity index (χ3v) is 3.71. The van der Waals surface area contributed by atoms with Crippen LogP contribution in [0.15, 0.2) is 29.8 Å². The Hall–Kier alpha value is -2.10. The maximum atomic E-state index is 12.4. The van der Waals surface area contributed by atoms with Gasteiger partial charge >= 0.3 is 0 Å². The van der Waals surface area contributed by atoms with Crippen LogP contribution in [0.2, 0.25) is 0 Å². The topological polar surface area (TPSA) is 49.4 Å². The lowest BCUT2D eigenvalue weighted by Crippen LogP contribution is -2.34. The first-order chi connectivity index (χ1) is 9.13. The second kappa shape index (κ2) is 4.53. The minimum Gasteiger partial charge on any atom is -0.335 e. The molecule has 0 atom stereocenters. The number of benzene rings is 1. The van der Waals surface area contributed by atoms with Gasteiger partial charge in [-0.15, -0.1) is 0 Å². The highest BCUT2D eigenvalue weighted by Gasteiger charge is 2.22.